The zero-order valence-corrected chi connectivity index (χ0v) is 13.6. The van der Waals surface area contributed by atoms with Crippen LogP contribution in [-0.2, 0) is 6.54 Å². The first kappa shape index (κ1) is 17.0. The average molecular weight is 297 g/mol. The molecule has 4 heteroatoms. The van der Waals surface area contributed by atoms with Gasteiger partial charge in [-0.1, -0.05) is 32.0 Å². The lowest BCUT2D eigenvalue weighted by Gasteiger charge is -2.28. The van der Waals surface area contributed by atoms with Gasteiger partial charge in [0.05, 0.1) is 0 Å². The third-order valence-corrected chi connectivity index (χ3v) is 3.58. The number of furan rings is 1. The molecule has 1 aromatic carbocycles. The SMILES string of the molecule is Cc1oc2ccccc2c1CN(C)CC(C)(C)CN.Cl. The van der Waals surface area contributed by atoms with Gasteiger partial charge in [-0.3, -0.25) is 0 Å². The van der Waals surface area contributed by atoms with Gasteiger partial charge in [0.2, 0.25) is 0 Å². The second kappa shape index (κ2) is 6.61. The van der Waals surface area contributed by atoms with Gasteiger partial charge in [0.15, 0.2) is 0 Å². The second-order valence-corrected chi connectivity index (χ2v) is 6.17. The van der Waals surface area contributed by atoms with Crippen molar-refractivity contribution in [2.24, 2.45) is 11.1 Å². The molecule has 0 radical (unpaired) electrons. The highest BCUT2D eigenvalue weighted by Gasteiger charge is 2.20. The normalized spacial score (nSPS) is 11.9. The van der Waals surface area contributed by atoms with Gasteiger partial charge >= 0.3 is 0 Å². The molecule has 0 unspecified atom stereocenters. The van der Waals surface area contributed by atoms with E-state index in [1.807, 2.05) is 19.1 Å². The molecule has 0 fully saturated rings. The van der Waals surface area contributed by atoms with Crippen LogP contribution in [0.1, 0.15) is 25.2 Å². The van der Waals surface area contributed by atoms with E-state index >= 15 is 0 Å². The number of halogens is 1. The molecule has 0 atom stereocenters. The van der Waals surface area contributed by atoms with E-state index in [2.05, 4.69) is 37.9 Å². The summed E-state index contributed by atoms with van der Waals surface area (Å²) in [7, 11) is 2.14. The molecule has 1 aromatic heterocycles. The second-order valence-electron chi connectivity index (χ2n) is 6.17. The average Bonchev–Trinajstić information content (AvgIpc) is 2.66. The van der Waals surface area contributed by atoms with Crippen molar-refractivity contribution in [3.8, 4) is 0 Å². The molecule has 0 saturated carbocycles. The van der Waals surface area contributed by atoms with Crippen molar-refractivity contribution >= 4 is 23.4 Å². The summed E-state index contributed by atoms with van der Waals surface area (Å²) in [6, 6.07) is 8.22. The van der Waals surface area contributed by atoms with E-state index in [0.29, 0.717) is 6.54 Å². The van der Waals surface area contributed by atoms with Crippen molar-refractivity contribution < 1.29 is 4.42 Å². The van der Waals surface area contributed by atoms with E-state index in [1.165, 1.54) is 10.9 Å². The minimum absolute atomic E-state index is 0. The Balaban J connectivity index is 0.00000200. The summed E-state index contributed by atoms with van der Waals surface area (Å²) in [6.45, 7) is 9.00. The smallest absolute Gasteiger partial charge is 0.134 e. The minimum atomic E-state index is 0. The molecule has 1 heterocycles. The summed E-state index contributed by atoms with van der Waals surface area (Å²) in [5.41, 5.74) is 8.20. The standard InChI is InChI=1S/C16H24N2O.ClH/c1-12-14(9-18(4)11-16(2,3)10-17)13-7-5-6-8-15(13)19-12;/h5-8H,9-11,17H2,1-4H3;1H. The number of aryl methyl sites for hydroxylation is 1. The molecule has 0 amide bonds. The predicted octanol–water partition coefficient (Wildman–Crippen LogP) is 3.58. The fraction of sp³-hybridized carbons (Fsp3) is 0.500. The number of nitrogens with zero attached hydrogens (tertiary/aromatic N) is 1. The minimum Gasteiger partial charge on any atom is -0.461 e. The Bertz CT molecular complexity index is 563. The summed E-state index contributed by atoms with van der Waals surface area (Å²) in [4.78, 5) is 2.32. The Morgan fingerprint density at radius 1 is 1.25 bits per heavy atom. The fourth-order valence-electron chi connectivity index (χ4n) is 2.54. The molecule has 20 heavy (non-hydrogen) atoms. The van der Waals surface area contributed by atoms with E-state index in [0.717, 1.165) is 24.4 Å². The maximum absolute atomic E-state index is 5.81. The molecule has 0 aliphatic rings. The molecule has 0 saturated heterocycles. The lowest BCUT2D eigenvalue weighted by molar-refractivity contribution is 0.209. The first-order chi connectivity index (χ1) is 8.93. The van der Waals surface area contributed by atoms with E-state index in [-0.39, 0.29) is 17.8 Å². The summed E-state index contributed by atoms with van der Waals surface area (Å²) in [6.07, 6.45) is 0. The Morgan fingerprint density at radius 2 is 1.90 bits per heavy atom. The van der Waals surface area contributed by atoms with Crippen molar-refractivity contribution in [2.45, 2.75) is 27.3 Å². The molecule has 3 nitrogen and oxygen atoms in total. The monoisotopic (exact) mass is 296 g/mol. The van der Waals surface area contributed by atoms with Crippen molar-refractivity contribution in [3.05, 3.63) is 35.6 Å². The van der Waals surface area contributed by atoms with E-state index in [1.54, 1.807) is 0 Å². The van der Waals surface area contributed by atoms with Gasteiger partial charge in [-0.15, -0.1) is 12.4 Å². The predicted molar refractivity (Wildman–Crippen MR) is 87.4 cm³/mol. The Kier molecular flexibility index (Phi) is 5.63. The van der Waals surface area contributed by atoms with Crippen LogP contribution in [-0.4, -0.2) is 25.0 Å². The first-order valence-corrected chi connectivity index (χ1v) is 6.78. The lowest BCUT2D eigenvalue weighted by Crippen LogP contribution is -2.36. The molecule has 0 aliphatic carbocycles. The highest BCUT2D eigenvalue weighted by atomic mass is 35.5. The van der Waals surface area contributed by atoms with Gasteiger partial charge in [-0.2, -0.15) is 0 Å². The summed E-state index contributed by atoms with van der Waals surface area (Å²) in [5, 5.41) is 1.22. The summed E-state index contributed by atoms with van der Waals surface area (Å²) in [5.74, 6) is 1.01. The van der Waals surface area contributed by atoms with Gasteiger partial charge in [0, 0.05) is 24.0 Å². The van der Waals surface area contributed by atoms with Crippen LogP contribution < -0.4 is 5.73 Å². The van der Waals surface area contributed by atoms with Crippen molar-refractivity contribution in [3.63, 3.8) is 0 Å². The number of hydrogen-bond donors (Lipinski definition) is 1. The van der Waals surface area contributed by atoms with E-state index in [9.17, 15) is 0 Å². The maximum Gasteiger partial charge on any atom is 0.134 e. The quantitative estimate of drug-likeness (QED) is 0.917. The third-order valence-electron chi connectivity index (χ3n) is 3.58. The van der Waals surface area contributed by atoms with Gasteiger partial charge in [-0.05, 0) is 32.0 Å². The number of fused-ring (bicyclic) bond motifs is 1. The van der Waals surface area contributed by atoms with Crippen LogP contribution in [0, 0.1) is 12.3 Å². The van der Waals surface area contributed by atoms with Gasteiger partial charge in [0.1, 0.15) is 11.3 Å². The molecule has 2 rings (SSSR count). The molecule has 2 N–H and O–H groups in total. The third kappa shape index (κ3) is 3.75. The lowest BCUT2D eigenvalue weighted by atomic mass is 9.93. The van der Waals surface area contributed by atoms with Crippen LogP contribution in [0.3, 0.4) is 0 Å². The highest BCUT2D eigenvalue weighted by molar-refractivity contribution is 5.85. The maximum atomic E-state index is 5.81. The van der Waals surface area contributed by atoms with Crippen molar-refractivity contribution in [1.82, 2.24) is 4.90 Å². The van der Waals surface area contributed by atoms with Gasteiger partial charge in [-0.25, -0.2) is 0 Å². The largest absolute Gasteiger partial charge is 0.461 e. The van der Waals surface area contributed by atoms with Crippen molar-refractivity contribution in [1.29, 1.82) is 0 Å². The number of nitrogens with two attached hydrogens (primary N) is 1. The van der Waals surface area contributed by atoms with Crippen molar-refractivity contribution in [2.75, 3.05) is 20.1 Å². The first-order valence-electron chi connectivity index (χ1n) is 6.78. The van der Waals surface area contributed by atoms with Crippen LogP contribution in [0.25, 0.3) is 11.0 Å². The van der Waals surface area contributed by atoms with E-state index in [4.69, 9.17) is 10.2 Å². The Hall–Kier alpha value is -1.03. The van der Waals surface area contributed by atoms with E-state index < -0.39 is 0 Å². The molecule has 0 bridgehead atoms. The number of benzene rings is 1. The Labute approximate surface area is 127 Å². The number of hydrogen-bond acceptors (Lipinski definition) is 3. The molecular weight excluding hydrogens is 272 g/mol. The molecule has 0 spiro atoms. The van der Waals surface area contributed by atoms with Gasteiger partial charge in [0.25, 0.3) is 0 Å². The topological polar surface area (TPSA) is 42.4 Å². The molecule has 2 aromatic rings. The summed E-state index contributed by atoms with van der Waals surface area (Å²) >= 11 is 0. The highest BCUT2D eigenvalue weighted by Crippen LogP contribution is 2.27. The van der Waals surface area contributed by atoms with Crippen LogP contribution in [0.4, 0.5) is 0 Å². The fourth-order valence-corrected chi connectivity index (χ4v) is 2.54. The van der Waals surface area contributed by atoms with Crippen LogP contribution in [0.5, 0.6) is 0 Å². The van der Waals surface area contributed by atoms with Crippen LogP contribution >= 0.6 is 12.4 Å². The molecule has 112 valence electrons. The zero-order valence-electron chi connectivity index (χ0n) is 12.8. The van der Waals surface area contributed by atoms with Crippen LogP contribution in [0.15, 0.2) is 28.7 Å². The zero-order chi connectivity index (χ0) is 14.0. The van der Waals surface area contributed by atoms with Gasteiger partial charge < -0.3 is 15.1 Å². The Morgan fingerprint density at radius 3 is 2.55 bits per heavy atom. The number of para-hydroxylation sites is 1. The van der Waals surface area contributed by atoms with Crippen LogP contribution in [0.2, 0.25) is 0 Å². The summed E-state index contributed by atoms with van der Waals surface area (Å²) < 4.78 is 5.81. The number of rotatable bonds is 5. The molecule has 0 aliphatic heterocycles. The molecular formula is C16H25ClN2O.